The summed E-state index contributed by atoms with van der Waals surface area (Å²) in [5.74, 6) is 0.401. The molecule has 102 valence electrons. The molecule has 1 aromatic heterocycles. The van der Waals surface area contributed by atoms with Gasteiger partial charge < -0.3 is 11.1 Å². The van der Waals surface area contributed by atoms with Gasteiger partial charge >= 0.3 is 0 Å². The lowest BCUT2D eigenvalue weighted by molar-refractivity contribution is 0.0952. The van der Waals surface area contributed by atoms with Crippen LogP contribution < -0.4 is 11.1 Å². The van der Waals surface area contributed by atoms with E-state index in [2.05, 4.69) is 11.4 Å². The van der Waals surface area contributed by atoms with Gasteiger partial charge in [-0.2, -0.15) is 0 Å². The molecule has 3 N–H and O–H groups in total. The molecule has 5 heteroatoms. The quantitative estimate of drug-likeness (QED) is 0.894. The van der Waals surface area contributed by atoms with Crippen LogP contribution in [0.5, 0.6) is 0 Å². The second kappa shape index (κ2) is 7.12. The minimum absolute atomic E-state index is 0. The molecule has 1 amide bonds. The summed E-state index contributed by atoms with van der Waals surface area (Å²) in [5.41, 5.74) is 6.92. The number of nitrogens with one attached hydrogen (secondary N) is 1. The van der Waals surface area contributed by atoms with Gasteiger partial charge in [0.15, 0.2) is 0 Å². The van der Waals surface area contributed by atoms with Crippen LogP contribution in [0, 0.1) is 5.92 Å². The van der Waals surface area contributed by atoms with Crippen molar-refractivity contribution < 1.29 is 4.79 Å². The molecule has 0 saturated heterocycles. The van der Waals surface area contributed by atoms with Crippen molar-refractivity contribution in [3.63, 3.8) is 0 Å². The fourth-order valence-corrected chi connectivity index (χ4v) is 3.21. The number of nitrogens with two attached hydrogens (primary N) is 1. The fourth-order valence-electron chi connectivity index (χ4n) is 2.04. The molecule has 1 aromatic rings. The zero-order chi connectivity index (χ0) is 12.3. The Morgan fingerprint density at radius 3 is 2.89 bits per heavy atom. The molecule has 0 fully saturated rings. The highest BCUT2D eigenvalue weighted by Gasteiger charge is 2.17. The molecule has 18 heavy (non-hydrogen) atoms. The highest BCUT2D eigenvalue weighted by Crippen LogP contribution is 2.29. The molecule has 3 nitrogen and oxygen atoms in total. The standard InChI is InChI=1S/C13H20N2OS.ClH/c1-9(7-14)8-15-13(16)12-6-10-4-2-3-5-11(10)17-12;/h6,9H,2-5,7-8,14H2,1H3,(H,15,16);1H. The van der Waals surface area contributed by atoms with Crippen LogP contribution in [0.15, 0.2) is 6.07 Å². The van der Waals surface area contributed by atoms with E-state index >= 15 is 0 Å². The van der Waals surface area contributed by atoms with Gasteiger partial charge in [0, 0.05) is 11.4 Å². The molecule has 1 unspecified atom stereocenters. The number of hydrogen-bond donors (Lipinski definition) is 2. The Balaban J connectivity index is 0.00000162. The number of aryl methyl sites for hydroxylation is 2. The molecular weight excluding hydrogens is 268 g/mol. The van der Waals surface area contributed by atoms with E-state index < -0.39 is 0 Å². The number of fused-ring (bicyclic) bond motifs is 1. The van der Waals surface area contributed by atoms with Crippen LogP contribution in [0.3, 0.4) is 0 Å². The van der Waals surface area contributed by atoms with E-state index in [9.17, 15) is 4.79 Å². The molecule has 0 aromatic carbocycles. The Morgan fingerprint density at radius 1 is 1.50 bits per heavy atom. The molecular formula is C13H21ClN2OS. The van der Waals surface area contributed by atoms with E-state index in [-0.39, 0.29) is 18.3 Å². The Hall–Kier alpha value is -0.580. The Bertz CT molecular complexity index is 382. The molecule has 1 heterocycles. The second-order valence-electron chi connectivity index (χ2n) is 4.82. The summed E-state index contributed by atoms with van der Waals surface area (Å²) < 4.78 is 0. The molecule has 0 spiro atoms. The first kappa shape index (κ1) is 15.5. The van der Waals surface area contributed by atoms with Crippen molar-refractivity contribution >= 4 is 29.7 Å². The van der Waals surface area contributed by atoms with Crippen LogP contribution in [0.2, 0.25) is 0 Å². The molecule has 1 atom stereocenters. The van der Waals surface area contributed by atoms with Crippen molar-refractivity contribution in [2.75, 3.05) is 13.1 Å². The number of carbonyl (C=O) groups excluding carboxylic acids is 1. The summed E-state index contributed by atoms with van der Waals surface area (Å²) in [6.45, 7) is 3.32. The minimum Gasteiger partial charge on any atom is -0.351 e. The number of rotatable bonds is 4. The molecule has 2 rings (SSSR count). The van der Waals surface area contributed by atoms with Crippen LogP contribution in [0.4, 0.5) is 0 Å². The number of thiophene rings is 1. The van der Waals surface area contributed by atoms with Crippen molar-refractivity contribution in [1.29, 1.82) is 0 Å². The summed E-state index contributed by atoms with van der Waals surface area (Å²) >= 11 is 1.66. The highest BCUT2D eigenvalue weighted by molar-refractivity contribution is 7.14. The normalized spacial score (nSPS) is 15.4. The van der Waals surface area contributed by atoms with E-state index in [0.717, 1.165) is 17.7 Å². The van der Waals surface area contributed by atoms with E-state index in [1.165, 1.54) is 23.3 Å². The van der Waals surface area contributed by atoms with Gasteiger partial charge in [-0.3, -0.25) is 4.79 Å². The Morgan fingerprint density at radius 2 is 2.22 bits per heavy atom. The van der Waals surface area contributed by atoms with Crippen LogP contribution >= 0.6 is 23.7 Å². The molecule has 0 aliphatic heterocycles. The maximum Gasteiger partial charge on any atom is 0.261 e. The van der Waals surface area contributed by atoms with E-state index in [0.29, 0.717) is 19.0 Å². The fraction of sp³-hybridized carbons (Fsp3) is 0.615. The average Bonchev–Trinajstić information content (AvgIpc) is 2.79. The van der Waals surface area contributed by atoms with Gasteiger partial charge in [0.2, 0.25) is 0 Å². The first-order chi connectivity index (χ1) is 8.20. The topological polar surface area (TPSA) is 55.1 Å². The van der Waals surface area contributed by atoms with Crippen molar-refractivity contribution in [3.8, 4) is 0 Å². The third-order valence-electron chi connectivity index (χ3n) is 3.23. The third-order valence-corrected chi connectivity index (χ3v) is 4.47. The highest BCUT2D eigenvalue weighted by atomic mass is 35.5. The predicted molar refractivity (Wildman–Crippen MR) is 78.8 cm³/mol. The van der Waals surface area contributed by atoms with E-state index in [1.807, 2.05) is 6.92 Å². The van der Waals surface area contributed by atoms with Gasteiger partial charge in [-0.1, -0.05) is 6.92 Å². The molecule has 1 aliphatic carbocycles. The molecule has 1 aliphatic rings. The number of hydrogen-bond acceptors (Lipinski definition) is 3. The van der Waals surface area contributed by atoms with Gasteiger partial charge in [0.25, 0.3) is 5.91 Å². The largest absolute Gasteiger partial charge is 0.351 e. The first-order valence-corrected chi connectivity index (χ1v) is 7.12. The summed E-state index contributed by atoms with van der Waals surface area (Å²) in [7, 11) is 0. The second-order valence-corrected chi connectivity index (χ2v) is 5.95. The summed E-state index contributed by atoms with van der Waals surface area (Å²) in [6, 6.07) is 2.07. The van der Waals surface area contributed by atoms with Crippen LogP contribution in [-0.4, -0.2) is 19.0 Å². The molecule has 0 radical (unpaired) electrons. The average molecular weight is 289 g/mol. The third kappa shape index (κ3) is 3.70. The number of amides is 1. The van der Waals surface area contributed by atoms with Crippen molar-refractivity contribution in [3.05, 3.63) is 21.4 Å². The van der Waals surface area contributed by atoms with Crippen LogP contribution in [0.1, 0.15) is 39.9 Å². The maximum absolute atomic E-state index is 11.9. The van der Waals surface area contributed by atoms with Gasteiger partial charge in [0.1, 0.15) is 0 Å². The lowest BCUT2D eigenvalue weighted by Crippen LogP contribution is -2.30. The van der Waals surface area contributed by atoms with Crippen LogP contribution in [0.25, 0.3) is 0 Å². The first-order valence-electron chi connectivity index (χ1n) is 6.30. The Kier molecular flexibility index (Phi) is 6.12. The number of carbonyl (C=O) groups is 1. The van der Waals surface area contributed by atoms with E-state index in [1.54, 1.807) is 11.3 Å². The smallest absolute Gasteiger partial charge is 0.261 e. The summed E-state index contributed by atoms with van der Waals surface area (Å²) in [4.78, 5) is 14.2. The van der Waals surface area contributed by atoms with Gasteiger partial charge in [-0.15, -0.1) is 23.7 Å². The van der Waals surface area contributed by atoms with Crippen molar-refractivity contribution in [1.82, 2.24) is 5.32 Å². The monoisotopic (exact) mass is 288 g/mol. The number of halogens is 1. The lowest BCUT2D eigenvalue weighted by atomic mass is 9.99. The Labute approximate surface area is 119 Å². The van der Waals surface area contributed by atoms with Crippen molar-refractivity contribution in [2.24, 2.45) is 11.7 Å². The zero-order valence-corrected chi connectivity index (χ0v) is 12.3. The summed E-state index contributed by atoms with van der Waals surface area (Å²) in [5, 5.41) is 2.95. The maximum atomic E-state index is 11.9. The lowest BCUT2D eigenvalue weighted by Gasteiger charge is -2.08. The minimum atomic E-state index is 0. The van der Waals surface area contributed by atoms with Crippen LogP contribution in [-0.2, 0) is 12.8 Å². The van der Waals surface area contributed by atoms with Crippen molar-refractivity contribution in [2.45, 2.75) is 32.6 Å². The predicted octanol–water partition coefficient (Wildman–Crippen LogP) is 2.37. The van der Waals surface area contributed by atoms with Gasteiger partial charge in [-0.05, 0) is 49.8 Å². The summed E-state index contributed by atoms with van der Waals surface area (Å²) in [6.07, 6.45) is 4.80. The van der Waals surface area contributed by atoms with E-state index in [4.69, 9.17) is 5.73 Å². The molecule has 0 saturated carbocycles. The zero-order valence-electron chi connectivity index (χ0n) is 10.7. The molecule has 0 bridgehead atoms. The van der Waals surface area contributed by atoms with Gasteiger partial charge in [0.05, 0.1) is 4.88 Å². The van der Waals surface area contributed by atoms with Gasteiger partial charge in [-0.25, -0.2) is 0 Å². The SMILES string of the molecule is CC(CN)CNC(=O)c1cc2c(s1)CCCC2.Cl.